The molecule has 0 radical (unpaired) electrons. The van der Waals surface area contributed by atoms with Gasteiger partial charge in [-0.2, -0.15) is 0 Å². The Morgan fingerprint density at radius 3 is 2.78 bits per heavy atom. The number of nitrogens with one attached hydrogen (secondary N) is 2. The number of amides is 1. The molecule has 2 atom stereocenters. The van der Waals surface area contributed by atoms with E-state index in [9.17, 15) is 4.79 Å². The largest absolute Gasteiger partial charge is 0.356 e. The predicted molar refractivity (Wildman–Crippen MR) is 72.1 cm³/mol. The van der Waals surface area contributed by atoms with Gasteiger partial charge in [-0.3, -0.25) is 4.79 Å². The smallest absolute Gasteiger partial charge is 0.223 e. The van der Waals surface area contributed by atoms with Gasteiger partial charge in [0.2, 0.25) is 5.91 Å². The number of hydrogen-bond donors (Lipinski definition) is 2. The topological polar surface area (TPSA) is 41.1 Å². The van der Waals surface area contributed by atoms with Crippen molar-refractivity contribution in [1.82, 2.24) is 10.6 Å². The molecule has 0 aromatic heterocycles. The molecule has 2 saturated carbocycles. The normalized spacial score (nSPS) is 34.4. The minimum Gasteiger partial charge on any atom is -0.356 e. The van der Waals surface area contributed by atoms with E-state index in [0.29, 0.717) is 11.8 Å². The number of rotatable bonds is 4. The third kappa shape index (κ3) is 2.61. The van der Waals surface area contributed by atoms with Crippen LogP contribution in [0.1, 0.15) is 38.5 Å². The zero-order chi connectivity index (χ0) is 12.4. The first-order chi connectivity index (χ1) is 8.86. The Balaban J connectivity index is 1.38. The molecule has 0 aromatic rings. The van der Waals surface area contributed by atoms with Crippen LogP contribution in [0.5, 0.6) is 0 Å². The maximum absolute atomic E-state index is 12.1. The van der Waals surface area contributed by atoms with Crippen LogP contribution >= 0.6 is 0 Å². The van der Waals surface area contributed by atoms with Crippen LogP contribution in [0.4, 0.5) is 0 Å². The van der Waals surface area contributed by atoms with Crippen LogP contribution in [0.2, 0.25) is 0 Å². The van der Waals surface area contributed by atoms with E-state index >= 15 is 0 Å². The first-order valence-corrected chi connectivity index (χ1v) is 7.52. The Labute approximate surface area is 109 Å². The van der Waals surface area contributed by atoms with E-state index < -0.39 is 0 Å². The summed E-state index contributed by atoms with van der Waals surface area (Å²) < 4.78 is 0. The summed E-state index contributed by atoms with van der Waals surface area (Å²) in [6.07, 6.45) is 9.71. The summed E-state index contributed by atoms with van der Waals surface area (Å²) in [4.78, 5) is 12.1. The summed E-state index contributed by atoms with van der Waals surface area (Å²) in [5, 5.41) is 6.46. The number of carbonyl (C=O) groups is 1. The molecule has 0 saturated heterocycles. The zero-order valence-electron chi connectivity index (χ0n) is 11.1. The van der Waals surface area contributed by atoms with Gasteiger partial charge in [0.05, 0.1) is 0 Å². The maximum Gasteiger partial charge on any atom is 0.223 e. The van der Waals surface area contributed by atoms with Gasteiger partial charge in [-0.05, 0) is 44.1 Å². The fourth-order valence-electron chi connectivity index (χ4n) is 3.74. The van der Waals surface area contributed by atoms with Crippen LogP contribution in [-0.4, -0.2) is 25.5 Å². The summed E-state index contributed by atoms with van der Waals surface area (Å²) >= 11 is 0. The van der Waals surface area contributed by atoms with E-state index in [-0.39, 0.29) is 0 Å². The zero-order valence-corrected chi connectivity index (χ0v) is 11.1. The van der Waals surface area contributed by atoms with Crippen LogP contribution in [0.3, 0.4) is 0 Å². The van der Waals surface area contributed by atoms with E-state index in [1.807, 2.05) is 0 Å². The highest BCUT2D eigenvalue weighted by atomic mass is 16.2. The second-order valence-corrected chi connectivity index (χ2v) is 6.00. The molecule has 0 spiro atoms. The molecule has 2 aliphatic carbocycles. The number of hydrogen-bond acceptors (Lipinski definition) is 2. The molecule has 1 heterocycles. The summed E-state index contributed by atoms with van der Waals surface area (Å²) in [5.41, 5.74) is 1.50. The molecule has 2 fully saturated rings. The van der Waals surface area contributed by atoms with Crippen LogP contribution in [0.25, 0.3) is 0 Å². The van der Waals surface area contributed by atoms with Crippen molar-refractivity contribution in [3.63, 3.8) is 0 Å². The van der Waals surface area contributed by atoms with Gasteiger partial charge in [-0.1, -0.05) is 24.5 Å². The minimum atomic E-state index is 0.335. The Morgan fingerprint density at radius 1 is 1.33 bits per heavy atom. The van der Waals surface area contributed by atoms with Crippen LogP contribution < -0.4 is 10.6 Å². The highest BCUT2D eigenvalue weighted by Crippen LogP contribution is 2.55. The van der Waals surface area contributed by atoms with Gasteiger partial charge in [0, 0.05) is 19.0 Å². The molecule has 18 heavy (non-hydrogen) atoms. The molecule has 3 heteroatoms. The summed E-state index contributed by atoms with van der Waals surface area (Å²) in [7, 11) is 0. The average molecular weight is 248 g/mol. The van der Waals surface area contributed by atoms with Crippen LogP contribution in [-0.2, 0) is 4.79 Å². The number of carbonyl (C=O) groups excluding carboxylic acids is 1. The van der Waals surface area contributed by atoms with Gasteiger partial charge in [0.15, 0.2) is 0 Å². The van der Waals surface area contributed by atoms with Gasteiger partial charge in [-0.15, -0.1) is 0 Å². The Kier molecular flexibility index (Phi) is 3.69. The van der Waals surface area contributed by atoms with Gasteiger partial charge in [-0.25, -0.2) is 0 Å². The van der Waals surface area contributed by atoms with Crippen molar-refractivity contribution in [3.05, 3.63) is 11.6 Å². The molecule has 2 N–H and O–H groups in total. The SMILES string of the molecule is O=C(NCCC1=CCNCC1)C1C2CCCCC21. The fraction of sp³-hybridized carbons (Fsp3) is 0.800. The summed E-state index contributed by atoms with van der Waals surface area (Å²) in [6, 6.07) is 0. The lowest BCUT2D eigenvalue weighted by Crippen LogP contribution is -2.28. The van der Waals surface area contributed by atoms with E-state index in [1.54, 1.807) is 0 Å². The molecule has 0 aromatic carbocycles. The van der Waals surface area contributed by atoms with Gasteiger partial charge < -0.3 is 10.6 Å². The Bertz CT molecular complexity index is 338. The average Bonchev–Trinajstić information content (AvgIpc) is 3.14. The predicted octanol–water partition coefficient (Wildman–Crippen LogP) is 1.85. The Morgan fingerprint density at radius 2 is 2.11 bits per heavy atom. The van der Waals surface area contributed by atoms with Crippen molar-refractivity contribution in [1.29, 1.82) is 0 Å². The molecule has 3 nitrogen and oxygen atoms in total. The maximum atomic E-state index is 12.1. The molecular formula is C15H24N2O. The van der Waals surface area contributed by atoms with Gasteiger partial charge in [0.1, 0.15) is 0 Å². The molecule has 1 aliphatic heterocycles. The first-order valence-electron chi connectivity index (χ1n) is 7.52. The molecule has 100 valence electrons. The second kappa shape index (κ2) is 5.43. The lowest BCUT2D eigenvalue weighted by Gasteiger charge is -2.14. The molecular weight excluding hydrogens is 224 g/mol. The van der Waals surface area contributed by atoms with E-state index in [2.05, 4.69) is 16.7 Å². The van der Waals surface area contributed by atoms with Crippen LogP contribution in [0.15, 0.2) is 11.6 Å². The molecule has 0 bridgehead atoms. The monoisotopic (exact) mass is 248 g/mol. The van der Waals surface area contributed by atoms with Crippen molar-refractivity contribution in [2.45, 2.75) is 38.5 Å². The summed E-state index contributed by atoms with van der Waals surface area (Å²) in [5.74, 6) is 2.17. The number of fused-ring (bicyclic) bond motifs is 1. The van der Waals surface area contributed by atoms with Crippen molar-refractivity contribution in [2.75, 3.05) is 19.6 Å². The van der Waals surface area contributed by atoms with Crippen molar-refractivity contribution >= 4 is 5.91 Å². The second-order valence-electron chi connectivity index (χ2n) is 6.00. The van der Waals surface area contributed by atoms with E-state index in [4.69, 9.17) is 0 Å². The third-order valence-electron chi connectivity index (χ3n) is 4.86. The van der Waals surface area contributed by atoms with E-state index in [0.717, 1.165) is 44.3 Å². The molecule has 2 unspecified atom stereocenters. The van der Waals surface area contributed by atoms with Gasteiger partial charge >= 0.3 is 0 Å². The fourth-order valence-corrected chi connectivity index (χ4v) is 3.74. The van der Waals surface area contributed by atoms with Gasteiger partial charge in [0.25, 0.3) is 0 Å². The van der Waals surface area contributed by atoms with Crippen molar-refractivity contribution in [2.24, 2.45) is 17.8 Å². The lowest BCUT2D eigenvalue weighted by molar-refractivity contribution is -0.122. The third-order valence-corrected chi connectivity index (χ3v) is 4.86. The highest BCUT2D eigenvalue weighted by Gasteiger charge is 2.54. The Hall–Kier alpha value is -0.830. The standard InChI is InChI=1S/C15H24N2O/c18-15(14-12-3-1-2-4-13(12)14)17-10-7-11-5-8-16-9-6-11/h5,12-14,16H,1-4,6-10H2,(H,17,18). The molecule has 1 amide bonds. The molecule has 3 rings (SSSR count). The van der Waals surface area contributed by atoms with Crippen molar-refractivity contribution < 1.29 is 4.79 Å². The highest BCUT2D eigenvalue weighted by molar-refractivity contribution is 5.82. The summed E-state index contributed by atoms with van der Waals surface area (Å²) in [6.45, 7) is 2.92. The van der Waals surface area contributed by atoms with Crippen molar-refractivity contribution in [3.8, 4) is 0 Å². The quantitative estimate of drug-likeness (QED) is 0.746. The van der Waals surface area contributed by atoms with Crippen LogP contribution in [0, 0.1) is 17.8 Å². The first kappa shape index (κ1) is 12.2. The minimum absolute atomic E-state index is 0.335. The lowest BCUT2D eigenvalue weighted by atomic mass is 10.0. The molecule has 3 aliphatic rings. The van der Waals surface area contributed by atoms with E-state index in [1.165, 1.54) is 31.3 Å².